The monoisotopic (exact) mass is 552 g/mol. The number of para-hydroxylation sites is 1. The van der Waals surface area contributed by atoms with Gasteiger partial charge in [-0.05, 0) is 24.3 Å². The number of anilines is 1. The third-order valence-electron chi connectivity index (χ3n) is 6.76. The van der Waals surface area contributed by atoms with Crippen molar-refractivity contribution >= 4 is 39.5 Å². The summed E-state index contributed by atoms with van der Waals surface area (Å²) in [5.74, 6) is 0.710. The molecular weight excluding hydrogens is 527 g/mol. The summed E-state index contributed by atoms with van der Waals surface area (Å²) in [6.45, 7) is 2.87. The molecule has 0 radical (unpaired) electrons. The number of hydrogen-bond donors (Lipinski definition) is 0. The summed E-state index contributed by atoms with van der Waals surface area (Å²) in [6.07, 6.45) is 0. The predicted octanol–water partition coefficient (Wildman–Crippen LogP) is 8.17. The second kappa shape index (κ2) is 11.4. The number of thiazole rings is 1. The lowest BCUT2D eigenvalue weighted by Gasteiger charge is -2.38. The molecule has 1 aromatic heterocycles. The van der Waals surface area contributed by atoms with Gasteiger partial charge in [-0.25, -0.2) is 14.4 Å². The van der Waals surface area contributed by atoms with Crippen LogP contribution >= 0.6 is 22.9 Å². The summed E-state index contributed by atoms with van der Waals surface area (Å²) in [5.41, 5.74) is 4.56. The van der Waals surface area contributed by atoms with Crippen molar-refractivity contribution in [3.05, 3.63) is 126 Å². The van der Waals surface area contributed by atoms with Crippen LogP contribution in [0, 0.1) is 5.82 Å². The Bertz CT molecular complexity index is 1580. The highest BCUT2D eigenvalue weighted by molar-refractivity contribution is 7.19. The summed E-state index contributed by atoms with van der Waals surface area (Å²) in [7, 11) is 0. The second-order valence-corrected chi connectivity index (χ2v) is 10.7. The Hall–Kier alpha value is -4.00. The van der Waals surface area contributed by atoms with Gasteiger partial charge in [-0.3, -0.25) is 0 Å². The van der Waals surface area contributed by atoms with Gasteiger partial charge in [-0.1, -0.05) is 108 Å². The van der Waals surface area contributed by atoms with E-state index in [0.29, 0.717) is 23.8 Å². The summed E-state index contributed by atoms with van der Waals surface area (Å²) < 4.78 is 14.5. The lowest BCUT2D eigenvalue weighted by atomic mass is 10.1. The van der Waals surface area contributed by atoms with Gasteiger partial charge in [-0.15, -0.1) is 0 Å². The van der Waals surface area contributed by atoms with Crippen LogP contribution in [-0.4, -0.2) is 41.9 Å². The Morgan fingerprint density at radius 1 is 0.744 bits per heavy atom. The van der Waals surface area contributed by atoms with Gasteiger partial charge >= 0.3 is 0 Å². The zero-order chi connectivity index (χ0) is 26.6. The van der Waals surface area contributed by atoms with Gasteiger partial charge in [0.15, 0.2) is 0 Å². The number of rotatable bonds is 5. The molecule has 1 aliphatic rings. The van der Waals surface area contributed by atoms with Crippen molar-refractivity contribution < 1.29 is 4.39 Å². The average Bonchev–Trinajstić information content (AvgIpc) is 3.41. The number of piperazine rings is 1. The van der Waals surface area contributed by atoms with Crippen molar-refractivity contribution in [2.75, 3.05) is 31.1 Å². The first-order chi connectivity index (χ1) is 19.2. The van der Waals surface area contributed by atoms with Crippen LogP contribution in [0.3, 0.4) is 0 Å². The molecule has 0 unspecified atom stereocenters. The molecule has 194 valence electrons. The lowest BCUT2D eigenvalue weighted by Crippen LogP contribution is -2.49. The number of halogens is 2. The van der Waals surface area contributed by atoms with Gasteiger partial charge in [0.1, 0.15) is 27.4 Å². The smallest absolute Gasteiger partial charge is 0.146 e. The molecule has 0 N–H and O–H groups in total. The molecule has 1 aliphatic heterocycles. The van der Waals surface area contributed by atoms with Crippen molar-refractivity contribution in [1.82, 2.24) is 9.88 Å². The molecule has 0 amide bonds. The Kier molecular flexibility index (Phi) is 7.39. The predicted molar refractivity (Wildman–Crippen MR) is 161 cm³/mol. The molecular formula is C32H26ClFN4S. The van der Waals surface area contributed by atoms with Crippen LogP contribution in [0.2, 0.25) is 5.02 Å². The van der Waals surface area contributed by atoms with Gasteiger partial charge in [0.05, 0.1) is 5.69 Å². The van der Waals surface area contributed by atoms with Crippen molar-refractivity contribution in [3.63, 3.8) is 0 Å². The maximum absolute atomic E-state index is 14.5. The molecule has 4 aromatic carbocycles. The van der Waals surface area contributed by atoms with Crippen LogP contribution in [0.25, 0.3) is 21.8 Å². The Labute approximate surface area is 236 Å². The Balaban J connectivity index is 1.39. The van der Waals surface area contributed by atoms with E-state index in [2.05, 4.69) is 34.1 Å². The third-order valence-corrected chi connectivity index (χ3v) is 8.01. The largest absolute Gasteiger partial charge is 0.366 e. The van der Waals surface area contributed by atoms with Crippen molar-refractivity contribution in [3.8, 4) is 21.8 Å². The fourth-order valence-electron chi connectivity index (χ4n) is 4.76. The maximum Gasteiger partial charge on any atom is 0.146 e. The molecule has 5 aromatic rings. The molecule has 4 nitrogen and oxygen atoms in total. The molecule has 7 heteroatoms. The minimum atomic E-state index is -0.185. The highest BCUT2D eigenvalue weighted by Gasteiger charge is 2.24. The van der Waals surface area contributed by atoms with Crippen LogP contribution in [-0.2, 0) is 0 Å². The van der Waals surface area contributed by atoms with E-state index in [1.807, 2.05) is 72.8 Å². The molecule has 39 heavy (non-hydrogen) atoms. The normalized spacial score (nSPS) is 14.1. The summed E-state index contributed by atoms with van der Waals surface area (Å²) >= 11 is 7.71. The first kappa shape index (κ1) is 25.3. The molecule has 0 saturated carbocycles. The van der Waals surface area contributed by atoms with Gasteiger partial charge in [0, 0.05) is 47.9 Å². The minimum Gasteiger partial charge on any atom is -0.366 e. The van der Waals surface area contributed by atoms with Gasteiger partial charge in [-0.2, -0.15) is 0 Å². The van der Waals surface area contributed by atoms with E-state index in [1.54, 1.807) is 17.4 Å². The van der Waals surface area contributed by atoms with Gasteiger partial charge in [0.2, 0.25) is 0 Å². The fourth-order valence-corrected chi connectivity index (χ4v) is 5.85. The minimum absolute atomic E-state index is 0.185. The summed E-state index contributed by atoms with van der Waals surface area (Å²) in [6, 6.07) is 35.1. The number of nitrogens with zero attached hydrogens (tertiary/aromatic N) is 4. The molecule has 0 spiro atoms. The van der Waals surface area contributed by atoms with Crippen LogP contribution in [0.4, 0.5) is 15.1 Å². The van der Waals surface area contributed by atoms with E-state index in [1.165, 1.54) is 6.07 Å². The van der Waals surface area contributed by atoms with Gasteiger partial charge in [0.25, 0.3) is 0 Å². The Morgan fingerprint density at radius 2 is 1.38 bits per heavy atom. The highest BCUT2D eigenvalue weighted by atomic mass is 35.5. The summed E-state index contributed by atoms with van der Waals surface area (Å²) in [4.78, 5) is 14.7. The Morgan fingerprint density at radius 3 is 2.08 bits per heavy atom. The fraction of sp³-hybridized carbons (Fsp3) is 0.125. The number of amidine groups is 1. The van der Waals surface area contributed by atoms with Crippen LogP contribution < -0.4 is 4.90 Å². The molecule has 0 aliphatic carbocycles. The molecule has 1 fully saturated rings. The van der Waals surface area contributed by atoms with E-state index in [9.17, 15) is 4.39 Å². The molecule has 6 rings (SSSR count). The topological polar surface area (TPSA) is 31.7 Å². The SMILES string of the molecule is Fc1ccccc1N1CCN(C(=Nc2sc(-c3ccc(Cl)cc3)nc2-c2ccccc2)c2ccccc2)CC1. The van der Waals surface area contributed by atoms with Crippen LogP contribution in [0.5, 0.6) is 0 Å². The van der Waals surface area contributed by atoms with E-state index >= 15 is 0 Å². The first-order valence-corrected chi connectivity index (χ1v) is 14.1. The van der Waals surface area contributed by atoms with Crippen molar-refractivity contribution in [2.24, 2.45) is 4.99 Å². The molecule has 1 saturated heterocycles. The van der Waals surface area contributed by atoms with Crippen molar-refractivity contribution in [1.29, 1.82) is 0 Å². The first-order valence-electron chi connectivity index (χ1n) is 12.9. The number of aliphatic imine (C=N–C) groups is 1. The molecule has 0 bridgehead atoms. The quantitative estimate of drug-likeness (QED) is 0.163. The zero-order valence-corrected chi connectivity index (χ0v) is 22.7. The highest BCUT2D eigenvalue weighted by Crippen LogP contribution is 2.40. The van der Waals surface area contributed by atoms with Crippen LogP contribution in [0.1, 0.15) is 5.56 Å². The van der Waals surface area contributed by atoms with E-state index in [0.717, 1.165) is 51.3 Å². The van der Waals surface area contributed by atoms with Crippen molar-refractivity contribution in [2.45, 2.75) is 0 Å². The molecule has 0 atom stereocenters. The van der Waals surface area contributed by atoms with E-state index in [4.69, 9.17) is 21.6 Å². The number of hydrogen-bond acceptors (Lipinski definition) is 4. The van der Waals surface area contributed by atoms with Crippen LogP contribution in [0.15, 0.2) is 114 Å². The standard InChI is InChI=1S/C32H26ClFN4S/c33-26-17-15-25(16-18-26)31-35-29(23-9-3-1-4-10-23)32(39-31)36-30(24-11-5-2-6-12-24)38-21-19-37(20-22-38)28-14-8-7-13-27(28)34/h1-18H,19-22H2. The lowest BCUT2D eigenvalue weighted by molar-refractivity contribution is 0.384. The van der Waals surface area contributed by atoms with Gasteiger partial charge < -0.3 is 9.80 Å². The number of benzene rings is 4. The number of aromatic nitrogens is 1. The van der Waals surface area contributed by atoms with E-state index < -0.39 is 0 Å². The maximum atomic E-state index is 14.5. The van der Waals surface area contributed by atoms with E-state index in [-0.39, 0.29) is 5.82 Å². The summed E-state index contributed by atoms with van der Waals surface area (Å²) in [5, 5.41) is 2.43. The second-order valence-electron chi connectivity index (χ2n) is 9.27. The zero-order valence-electron chi connectivity index (χ0n) is 21.2. The third kappa shape index (κ3) is 5.58. The average molecular weight is 553 g/mol. The molecule has 2 heterocycles.